The average Bonchev–Trinajstić information content (AvgIpc) is 2.48. The van der Waals surface area contributed by atoms with E-state index in [1.54, 1.807) is 13.1 Å². The van der Waals surface area contributed by atoms with Crippen molar-refractivity contribution in [2.75, 3.05) is 0 Å². The van der Waals surface area contributed by atoms with Gasteiger partial charge in [0.15, 0.2) is 0 Å². The fourth-order valence-corrected chi connectivity index (χ4v) is 2.06. The standard InChI is InChI=1S/C17H15NO2/c1-12(19)13-4-7-15(8-5-13)20-16-9-6-14-3-2-10-18-17(14)11-16/h2-12,19H,1H3/t12-/m1/s1. The number of hydrogen-bond acceptors (Lipinski definition) is 3. The van der Waals surface area contributed by atoms with Crippen LogP contribution in [0.5, 0.6) is 11.5 Å². The van der Waals surface area contributed by atoms with Gasteiger partial charge in [0.1, 0.15) is 11.5 Å². The van der Waals surface area contributed by atoms with Gasteiger partial charge < -0.3 is 9.84 Å². The lowest BCUT2D eigenvalue weighted by atomic mass is 10.1. The molecule has 0 aliphatic rings. The third-order valence-corrected chi connectivity index (χ3v) is 3.18. The van der Waals surface area contributed by atoms with Crippen LogP contribution in [-0.4, -0.2) is 10.1 Å². The Morgan fingerprint density at radius 3 is 2.50 bits per heavy atom. The molecule has 3 heteroatoms. The van der Waals surface area contributed by atoms with Crippen LogP contribution in [0.15, 0.2) is 60.8 Å². The van der Waals surface area contributed by atoms with E-state index < -0.39 is 6.10 Å². The monoisotopic (exact) mass is 265 g/mol. The molecule has 0 saturated carbocycles. The molecule has 0 radical (unpaired) electrons. The van der Waals surface area contributed by atoms with Crippen molar-refractivity contribution >= 4 is 10.9 Å². The summed E-state index contributed by atoms with van der Waals surface area (Å²) < 4.78 is 5.80. The quantitative estimate of drug-likeness (QED) is 0.775. The summed E-state index contributed by atoms with van der Waals surface area (Å²) in [6, 6.07) is 17.2. The van der Waals surface area contributed by atoms with Crippen molar-refractivity contribution in [2.24, 2.45) is 0 Å². The van der Waals surface area contributed by atoms with Gasteiger partial charge >= 0.3 is 0 Å². The molecule has 1 heterocycles. The molecule has 3 nitrogen and oxygen atoms in total. The van der Waals surface area contributed by atoms with Crippen LogP contribution in [0, 0.1) is 0 Å². The van der Waals surface area contributed by atoms with Crippen LogP contribution < -0.4 is 4.74 Å². The molecule has 1 atom stereocenters. The Hall–Kier alpha value is -2.39. The molecule has 0 saturated heterocycles. The second kappa shape index (κ2) is 5.31. The molecule has 20 heavy (non-hydrogen) atoms. The number of pyridine rings is 1. The largest absolute Gasteiger partial charge is 0.457 e. The number of rotatable bonds is 3. The molecule has 2 aromatic carbocycles. The van der Waals surface area contributed by atoms with Crippen LogP contribution >= 0.6 is 0 Å². The topological polar surface area (TPSA) is 42.4 Å². The van der Waals surface area contributed by atoms with Crippen LogP contribution in [-0.2, 0) is 0 Å². The highest BCUT2D eigenvalue weighted by atomic mass is 16.5. The van der Waals surface area contributed by atoms with E-state index in [1.165, 1.54) is 0 Å². The summed E-state index contributed by atoms with van der Waals surface area (Å²) in [5.74, 6) is 1.49. The SMILES string of the molecule is C[C@@H](O)c1ccc(Oc2ccc3cccnc3c2)cc1. The Morgan fingerprint density at radius 2 is 1.75 bits per heavy atom. The zero-order valence-corrected chi connectivity index (χ0v) is 11.2. The maximum Gasteiger partial charge on any atom is 0.129 e. The van der Waals surface area contributed by atoms with Crippen LogP contribution in [0.2, 0.25) is 0 Å². The number of aliphatic hydroxyl groups excluding tert-OH is 1. The second-order valence-electron chi connectivity index (χ2n) is 4.70. The van der Waals surface area contributed by atoms with Crippen LogP contribution in [0.3, 0.4) is 0 Å². The molecule has 0 bridgehead atoms. The minimum Gasteiger partial charge on any atom is -0.457 e. The molecule has 0 aliphatic heterocycles. The summed E-state index contributed by atoms with van der Waals surface area (Å²) in [4.78, 5) is 4.31. The molecule has 1 N–H and O–H groups in total. The number of hydrogen-bond donors (Lipinski definition) is 1. The number of aromatic nitrogens is 1. The van der Waals surface area contributed by atoms with Crippen molar-refractivity contribution < 1.29 is 9.84 Å². The van der Waals surface area contributed by atoms with Gasteiger partial charge in [0, 0.05) is 17.6 Å². The van der Waals surface area contributed by atoms with Gasteiger partial charge in [0.25, 0.3) is 0 Å². The first-order valence-electron chi connectivity index (χ1n) is 6.53. The van der Waals surface area contributed by atoms with E-state index in [2.05, 4.69) is 4.98 Å². The third-order valence-electron chi connectivity index (χ3n) is 3.18. The zero-order valence-electron chi connectivity index (χ0n) is 11.2. The van der Waals surface area contributed by atoms with Gasteiger partial charge in [-0.3, -0.25) is 4.98 Å². The lowest BCUT2D eigenvalue weighted by molar-refractivity contribution is 0.199. The first-order chi connectivity index (χ1) is 9.72. The Kier molecular flexibility index (Phi) is 3.35. The van der Waals surface area contributed by atoms with Gasteiger partial charge in [0.2, 0.25) is 0 Å². The average molecular weight is 265 g/mol. The molecule has 1 aromatic heterocycles. The van der Waals surface area contributed by atoms with Gasteiger partial charge in [-0.1, -0.05) is 18.2 Å². The number of fused-ring (bicyclic) bond motifs is 1. The molecule has 3 aromatic rings. The van der Waals surface area contributed by atoms with E-state index in [0.29, 0.717) is 0 Å². The van der Waals surface area contributed by atoms with Crippen molar-refractivity contribution in [2.45, 2.75) is 13.0 Å². The molecular formula is C17H15NO2. The fourth-order valence-electron chi connectivity index (χ4n) is 2.06. The Morgan fingerprint density at radius 1 is 1.00 bits per heavy atom. The third kappa shape index (κ3) is 2.63. The van der Waals surface area contributed by atoms with Crippen molar-refractivity contribution in [3.63, 3.8) is 0 Å². The van der Waals surface area contributed by atoms with E-state index in [0.717, 1.165) is 28.0 Å². The summed E-state index contributed by atoms with van der Waals surface area (Å²) in [5.41, 5.74) is 1.78. The first kappa shape index (κ1) is 12.6. The van der Waals surface area contributed by atoms with E-state index >= 15 is 0 Å². The zero-order chi connectivity index (χ0) is 13.9. The second-order valence-corrected chi connectivity index (χ2v) is 4.70. The summed E-state index contributed by atoms with van der Waals surface area (Å²) >= 11 is 0. The smallest absolute Gasteiger partial charge is 0.129 e. The number of nitrogens with zero attached hydrogens (tertiary/aromatic N) is 1. The highest BCUT2D eigenvalue weighted by molar-refractivity contribution is 5.79. The molecule has 3 rings (SSSR count). The highest BCUT2D eigenvalue weighted by Crippen LogP contribution is 2.25. The van der Waals surface area contributed by atoms with Crippen molar-refractivity contribution in [3.8, 4) is 11.5 Å². The molecule has 0 unspecified atom stereocenters. The maximum atomic E-state index is 9.47. The maximum absolute atomic E-state index is 9.47. The van der Waals surface area contributed by atoms with Crippen LogP contribution in [0.1, 0.15) is 18.6 Å². The minimum atomic E-state index is -0.464. The lowest BCUT2D eigenvalue weighted by Crippen LogP contribution is -1.91. The molecule has 100 valence electrons. The normalized spacial score (nSPS) is 12.3. The molecule has 0 fully saturated rings. The van der Waals surface area contributed by atoms with Gasteiger partial charge in [-0.2, -0.15) is 0 Å². The summed E-state index contributed by atoms with van der Waals surface area (Å²) in [6.45, 7) is 1.74. The first-order valence-corrected chi connectivity index (χ1v) is 6.53. The van der Waals surface area contributed by atoms with Crippen molar-refractivity contribution in [3.05, 3.63) is 66.4 Å². The predicted molar refractivity (Wildman–Crippen MR) is 78.9 cm³/mol. The molecule has 0 spiro atoms. The van der Waals surface area contributed by atoms with Crippen molar-refractivity contribution in [1.82, 2.24) is 4.98 Å². The Bertz CT molecular complexity index is 720. The Balaban J connectivity index is 1.85. The van der Waals surface area contributed by atoms with E-state index in [-0.39, 0.29) is 0 Å². The molecular weight excluding hydrogens is 250 g/mol. The van der Waals surface area contributed by atoms with Gasteiger partial charge in [-0.25, -0.2) is 0 Å². The number of benzene rings is 2. The highest BCUT2D eigenvalue weighted by Gasteiger charge is 2.03. The molecule has 0 amide bonds. The van der Waals surface area contributed by atoms with Crippen molar-refractivity contribution in [1.29, 1.82) is 0 Å². The Labute approximate surface area is 117 Å². The number of ether oxygens (including phenoxy) is 1. The number of aliphatic hydroxyl groups is 1. The van der Waals surface area contributed by atoms with Gasteiger partial charge in [-0.15, -0.1) is 0 Å². The van der Waals surface area contributed by atoms with Crippen LogP contribution in [0.4, 0.5) is 0 Å². The van der Waals surface area contributed by atoms with E-state index in [9.17, 15) is 5.11 Å². The van der Waals surface area contributed by atoms with Crippen LogP contribution in [0.25, 0.3) is 10.9 Å². The summed E-state index contributed by atoms with van der Waals surface area (Å²) in [5, 5.41) is 10.6. The van der Waals surface area contributed by atoms with E-state index in [1.807, 2.05) is 54.6 Å². The lowest BCUT2D eigenvalue weighted by Gasteiger charge is -2.08. The summed E-state index contributed by atoms with van der Waals surface area (Å²) in [7, 11) is 0. The van der Waals surface area contributed by atoms with Gasteiger partial charge in [0.05, 0.1) is 11.6 Å². The van der Waals surface area contributed by atoms with Gasteiger partial charge in [-0.05, 0) is 42.8 Å². The minimum absolute atomic E-state index is 0.464. The summed E-state index contributed by atoms with van der Waals surface area (Å²) in [6.07, 6.45) is 1.30. The fraction of sp³-hybridized carbons (Fsp3) is 0.118. The molecule has 0 aliphatic carbocycles. The van der Waals surface area contributed by atoms with E-state index in [4.69, 9.17) is 4.74 Å². The predicted octanol–water partition coefficient (Wildman–Crippen LogP) is 4.08.